The molecule has 1 fully saturated rings. The maximum Gasteiger partial charge on any atom is 0.241 e. The van der Waals surface area contributed by atoms with E-state index in [1.54, 1.807) is 12.1 Å². The zero-order chi connectivity index (χ0) is 18.6. The van der Waals surface area contributed by atoms with E-state index in [0.717, 1.165) is 51.5 Å². The molecule has 0 aliphatic carbocycles. The van der Waals surface area contributed by atoms with Crippen molar-refractivity contribution in [2.45, 2.75) is 31.3 Å². The number of rotatable bonds is 6. The smallest absolute Gasteiger partial charge is 0.241 e. The summed E-state index contributed by atoms with van der Waals surface area (Å²) in [5.41, 5.74) is 1.24. The monoisotopic (exact) mass is 378 g/mol. The molecule has 0 amide bonds. The molecule has 0 radical (unpaired) electrons. The Morgan fingerprint density at radius 1 is 1.15 bits per heavy atom. The van der Waals surface area contributed by atoms with Gasteiger partial charge in [0, 0.05) is 57.2 Å². The second-order valence-corrected chi connectivity index (χ2v) is 8.27. The van der Waals surface area contributed by atoms with E-state index >= 15 is 0 Å². The fourth-order valence-corrected chi connectivity index (χ4v) is 3.79. The van der Waals surface area contributed by atoms with Crippen LogP contribution in [-0.2, 0) is 23.1 Å². The largest absolute Gasteiger partial charge is 0.355 e. The highest BCUT2D eigenvalue weighted by Crippen LogP contribution is 2.17. The van der Waals surface area contributed by atoms with Crippen molar-refractivity contribution < 1.29 is 8.42 Å². The zero-order valence-electron chi connectivity index (χ0n) is 15.3. The molecule has 3 rings (SSSR count). The Labute approximate surface area is 154 Å². The Morgan fingerprint density at radius 3 is 2.65 bits per heavy atom. The van der Waals surface area contributed by atoms with Crippen LogP contribution in [0.1, 0.15) is 18.9 Å². The molecular weight excluding hydrogens is 352 g/mol. The highest BCUT2D eigenvalue weighted by molar-refractivity contribution is 7.89. The molecule has 2 aromatic heterocycles. The van der Waals surface area contributed by atoms with Gasteiger partial charge >= 0.3 is 0 Å². The van der Waals surface area contributed by atoms with Crippen molar-refractivity contribution in [1.29, 1.82) is 0 Å². The molecule has 8 nitrogen and oxygen atoms in total. The van der Waals surface area contributed by atoms with E-state index in [1.165, 1.54) is 18.8 Å². The van der Waals surface area contributed by atoms with Gasteiger partial charge in [-0.2, -0.15) is 5.10 Å². The molecule has 9 heteroatoms. The van der Waals surface area contributed by atoms with Gasteiger partial charge in [0.1, 0.15) is 10.7 Å². The lowest BCUT2D eigenvalue weighted by atomic mass is 10.3. The third-order valence-corrected chi connectivity index (χ3v) is 6.03. The first kappa shape index (κ1) is 18.8. The summed E-state index contributed by atoms with van der Waals surface area (Å²) in [6, 6.07) is 3.39. The standard InChI is InChI=1S/C17H26N6O2S/c1-3-23-14-15(11-20-23)13-21-7-4-8-22(10-9-21)17-6-5-16(12-19-17)26(24,25)18-2/h5-6,11-12,14,18H,3-4,7-10,13H2,1-2H3. The second-order valence-electron chi connectivity index (χ2n) is 6.38. The molecule has 2 aromatic rings. The Hall–Kier alpha value is -1.97. The first-order valence-corrected chi connectivity index (χ1v) is 10.4. The fraction of sp³-hybridized carbons (Fsp3) is 0.529. The number of nitrogens with zero attached hydrogens (tertiary/aromatic N) is 5. The second kappa shape index (κ2) is 8.15. The number of anilines is 1. The number of nitrogens with one attached hydrogen (secondary N) is 1. The maximum absolute atomic E-state index is 11.8. The molecular formula is C17H26N6O2S. The van der Waals surface area contributed by atoms with Crippen molar-refractivity contribution in [3.05, 3.63) is 36.3 Å². The van der Waals surface area contributed by atoms with E-state index < -0.39 is 10.0 Å². The summed E-state index contributed by atoms with van der Waals surface area (Å²) in [5.74, 6) is 0.820. The molecule has 3 heterocycles. The minimum atomic E-state index is -3.44. The van der Waals surface area contributed by atoms with Crippen LogP contribution in [-0.4, -0.2) is 61.3 Å². The Kier molecular flexibility index (Phi) is 5.90. The number of sulfonamides is 1. The summed E-state index contributed by atoms with van der Waals surface area (Å²) in [6.07, 6.45) is 6.50. The lowest BCUT2D eigenvalue weighted by Crippen LogP contribution is -2.31. The van der Waals surface area contributed by atoms with E-state index in [9.17, 15) is 8.42 Å². The van der Waals surface area contributed by atoms with E-state index in [0.29, 0.717) is 0 Å². The van der Waals surface area contributed by atoms with Gasteiger partial charge < -0.3 is 4.90 Å². The molecule has 26 heavy (non-hydrogen) atoms. The number of pyridine rings is 1. The summed E-state index contributed by atoms with van der Waals surface area (Å²) in [4.78, 5) is 9.19. The van der Waals surface area contributed by atoms with Crippen molar-refractivity contribution in [3.63, 3.8) is 0 Å². The molecule has 1 aliphatic rings. The first-order chi connectivity index (χ1) is 12.5. The lowest BCUT2D eigenvalue weighted by Gasteiger charge is -2.22. The van der Waals surface area contributed by atoms with E-state index in [-0.39, 0.29) is 4.90 Å². The normalized spacial score (nSPS) is 16.6. The molecule has 1 N–H and O–H groups in total. The summed E-state index contributed by atoms with van der Waals surface area (Å²) in [5, 5.41) is 4.34. The third-order valence-electron chi connectivity index (χ3n) is 4.63. The van der Waals surface area contributed by atoms with Crippen molar-refractivity contribution in [2.24, 2.45) is 0 Å². The van der Waals surface area contributed by atoms with E-state index in [4.69, 9.17) is 0 Å². The summed E-state index contributed by atoms with van der Waals surface area (Å²) in [6.45, 7) is 7.62. The van der Waals surface area contributed by atoms with Gasteiger partial charge in [0.25, 0.3) is 0 Å². The van der Waals surface area contributed by atoms with Crippen LogP contribution in [0.15, 0.2) is 35.6 Å². The predicted molar refractivity (Wildman–Crippen MR) is 100 cm³/mol. The summed E-state index contributed by atoms with van der Waals surface area (Å²) >= 11 is 0. The van der Waals surface area contributed by atoms with Crippen LogP contribution in [0.25, 0.3) is 0 Å². The maximum atomic E-state index is 11.8. The summed E-state index contributed by atoms with van der Waals surface area (Å²) in [7, 11) is -2.04. The molecule has 1 saturated heterocycles. The topological polar surface area (TPSA) is 83.4 Å². The van der Waals surface area contributed by atoms with Crippen LogP contribution in [0.4, 0.5) is 5.82 Å². The van der Waals surface area contributed by atoms with Crippen LogP contribution in [0, 0.1) is 0 Å². The molecule has 1 aliphatic heterocycles. The Morgan fingerprint density at radius 2 is 2.00 bits per heavy atom. The number of hydrogen-bond acceptors (Lipinski definition) is 6. The average Bonchev–Trinajstić information content (AvgIpc) is 2.99. The van der Waals surface area contributed by atoms with Gasteiger partial charge in [-0.1, -0.05) is 0 Å². The highest BCUT2D eigenvalue weighted by Gasteiger charge is 2.18. The zero-order valence-corrected chi connectivity index (χ0v) is 16.1. The minimum Gasteiger partial charge on any atom is -0.355 e. The Balaban J connectivity index is 1.61. The van der Waals surface area contributed by atoms with Gasteiger partial charge in [-0.05, 0) is 32.5 Å². The van der Waals surface area contributed by atoms with Crippen molar-refractivity contribution in [2.75, 3.05) is 38.1 Å². The van der Waals surface area contributed by atoms with Crippen molar-refractivity contribution in [1.82, 2.24) is 24.4 Å². The van der Waals surface area contributed by atoms with Gasteiger partial charge in [0.05, 0.1) is 6.20 Å². The molecule has 0 unspecified atom stereocenters. The molecule has 0 atom stereocenters. The SMILES string of the molecule is CCn1cc(CN2CCCN(c3ccc(S(=O)(=O)NC)cn3)CC2)cn1. The van der Waals surface area contributed by atoms with Crippen molar-refractivity contribution >= 4 is 15.8 Å². The van der Waals surface area contributed by atoms with Crippen LogP contribution in [0.5, 0.6) is 0 Å². The average molecular weight is 379 g/mol. The van der Waals surface area contributed by atoms with E-state index in [2.05, 4.69) is 37.7 Å². The van der Waals surface area contributed by atoms with Gasteiger partial charge in [0.15, 0.2) is 0 Å². The van der Waals surface area contributed by atoms with Crippen LogP contribution < -0.4 is 9.62 Å². The molecule has 0 saturated carbocycles. The molecule has 142 valence electrons. The van der Waals surface area contributed by atoms with E-state index in [1.807, 2.05) is 10.9 Å². The number of hydrogen-bond donors (Lipinski definition) is 1. The van der Waals surface area contributed by atoms with Crippen molar-refractivity contribution in [3.8, 4) is 0 Å². The van der Waals surface area contributed by atoms with Gasteiger partial charge in [-0.15, -0.1) is 0 Å². The molecule has 0 aromatic carbocycles. The van der Waals surface area contributed by atoms with Gasteiger partial charge in [-0.3, -0.25) is 9.58 Å². The van der Waals surface area contributed by atoms with Gasteiger partial charge in [-0.25, -0.2) is 18.1 Å². The predicted octanol–water partition coefficient (Wildman–Crippen LogP) is 0.918. The van der Waals surface area contributed by atoms with Crippen LogP contribution >= 0.6 is 0 Å². The first-order valence-electron chi connectivity index (χ1n) is 8.90. The highest BCUT2D eigenvalue weighted by atomic mass is 32.2. The molecule has 0 spiro atoms. The number of aromatic nitrogens is 3. The summed E-state index contributed by atoms with van der Waals surface area (Å²) < 4.78 is 27.9. The Bertz CT molecular complexity index is 818. The lowest BCUT2D eigenvalue weighted by molar-refractivity contribution is 0.285. The third kappa shape index (κ3) is 4.40. The van der Waals surface area contributed by atoms with Gasteiger partial charge in [0.2, 0.25) is 10.0 Å². The quantitative estimate of drug-likeness (QED) is 0.805. The number of aryl methyl sites for hydroxylation is 1. The fourth-order valence-electron chi connectivity index (χ4n) is 3.11. The minimum absolute atomic E-state index is 0.188. The van der Waals surface area contributed by atoms with Crippen LogP contribution in [0.2, 0.25) is 0 Å². The molecule has 0 bridgehead atoms. The van der Waals surface area contributed by atoms with Crippen LogP contribution in [0.3, 0.4) is 0 Å².